The molecule has 1 fully saturated rings. The Morgan fingerprint density at radius 2 is 1.83 bits per heavy atom. The highest BCUT2D eigenvalue weighted by Crippen LogP contribution is 2.41. The average Bonchev–Trinajstić information content (AvgIpc) is 3.27. The van der Waals surface area contributed by atoms with Crippen LogP contribution in [0.4, 0.5) is 0 Å². The molecule has 188 valence electrons. The molecular weight excluding hydrogens is 450 g/mol. The van der Waals surface area contributed by atoms with Gasteiger partial charge in [-0.1, -0.05) is 19.1 Å². The molecule has 9 heteroatoms. The third kappa shape index (κ3) is 5.09. The number of methoxy groups -OCH3 is 1. The van der Waals surface area contributed by atoms with E-state index in [0.717, 1.165) is 6.42 Å². The molecule has 3 rings (SSSR count). The number of rotatable bonds is 9. The number of ether oxygens (including phenoxy) is 2. The molecule has 2 heterocycles. The number of aryl methyl sites for hydroxylation is 1. The number of ketones is 1. The van der Waals surface area contributed by atoms with Crippen molar-refractivity contribution in [2.24, 2.45) is 0 Å². The van der Waals surface area contributed by atoms with E-state index in [-0.39, 0.29) is 17.0 Å². The molecule has 1 amide bonds. The molecule has 35 heavy (non-hydrogen) atoms. The summed E-state index contributed by atoms with van der Waals surface area (Å²) in [4.78, 5) is 44.8. The SMILES string of the molecule is CCCOc1ccc(C2C(=C(O)c3c(C)[nH]c(C(=O)OC)c3C)C(=O)C(=O)N2CCN(C)C)cc1. The molecular formula is C26H33N3O6. The van der Waals surface area contributed by atoms with Crippen molar-refractivity contribution in [1.29, 1.82) is 0 Å². The topological polar surface area (TPSA) is 112 Å². The highest BCUT2D eigenvalue weighted by molar-refractivity contribution is 6.46. The van der Waals surface area contributed by atoms with Crippen molar-refractivity contribution in [3.05, 3.63) is 57.9 Å². The monoisotopic (exact) mass is 483 g/mol. The number of aliphatic hydroxyl groups excluding tert-OH is 1. The molecule has 1 unspecified atom stereocenters. The second-order valence-electron chi connectivity index (χ2n) is 8.83. The van der Waals surface area contributed by atoms with Crippen LogP contribution in [0.1, 0.15) is 52.3 Å². The van der Waals surface area contributed by atoms with Crippen molar-refractivity contribution in [3.8, 4) is 5.75 Å². The number of carbonyl (C=O) groups is 3. The van der Waals surface area contributed by atoms with Crippen molar-refractivity contribution in [2.75, 3.05) is 40.9 Å². The molecule has 2 N–H and O–H groups in total. The number of amides is 1. The Morgan fingerprint density at radius 1 is 1.17 bits per heavy atom. The second kappa shape index (κ2) is 10.8. The standard InChI is InChI=1S/C26H33N3O6/c1-7-14-35-18-10-8-17(9-11-18)22-20(24(31)25(32)29(22)13-12-28(4)5)23(30)19-15(2)21(26(33)34-6)27-16(19)3/h8-11,22,27,30H,7,12-14H2,1-6H3. The number of aromatic nitrogens is 1. The molecule has 0 bridgehead atoms. The number of esters is 1. The van der Waals surface area contributed by atoms with Crippen LogP contribution in [0.2, 0.25) is 0 Å². The highest BCUT2D eigenvalue weighted by atomic mass is 16.5. The molecule has 1 aromatic heterocycles. The van der Waals surface area contributed by atoms with E-state index in [0.29, 0.717) is 47.8 Å². The Balaban J connectivity index is 2.16. The number of benzene rings is 1. The van der Waals surface area contributed by atoms with Crippen LogP contribution in [0.15, 0.2) is 29.8 Å². The van der Waals surface area contributed by atoms with Gasteiger partial charge in [-0.05, 0) is 57.6 Å². The fourth-order valence-corrected chi connectivity index (χ4v) is 4.28. The number of nitrogens with zero attached hydrogens (tertiary/aromatic N) is 2. The van der Waals surface area contributed by atoms with Gasteiger partial charge < -0.3 is 29.4 Å². The van der Waals surface area contributed by atoms with Gasteiger partial charge in [0.15, 0.2) is 0 Å². The van der Waals surface area contributed by atoms with Crippen LogP contribution in [0.3, 0.4) is 0 Å². The summed E-state index contributed by atoms with van der Waals surface area (Å²) in [6, 6.07) is 6.39. The van der Waals surface area contributed by atoms with Gasteiger partial charge in [0, 0.05) is 24.3 Å². The minimum atomic E-state index is -0.787. The Kier molecular flexibility index (Phi) is 8.01. The van der Waals surface area contributed by atoms with Crippen LogP contribution in [-0.4, -0.2) is 78.5 Å². The zero-order valence-electron chi connectivity index (χ0n) is 21.1. The fraction of sp³-hybridized carbons (Fsp3) is 0.423. The van der Waals surface area contributed by atoms with Crippen LogP contribution >= 0.6 is 0 Å². The number of likely N-dealkylation sites (tertiary alicyclic amines) is 1. The zero-order valence-corrected chi connectivity index (χ0v) is 21.1. The van der Waals surface area contributed by atoms with E-state index >= 15 is 0 Å². The Bertz CT molecular complexity index is 1150. The smallest absolute Gasteiger partial charge is 0.354 e. The maximum absolute atomic E-state index is 13.2. The van der Waals surface area contributed by atoms with Gasteiger partial charge in [0.25, 0.3) is 11.7 Å². The summed E-state index contributed by atoms with van der Waals surface area (Å²) in [6.07, 6.45) is 0.870. The third-order valence-electron chi connectivity index (χ3n) is 6.06. The van der Waals surface area contributed by atoms with Gasteiger partial charge in [-0.15, -0.1) is 0 Å². The van der Waals surface area contributed by atoms with Gasteiger partial charge in [0.2, 0.25) is 0 Å². The van der Waals surface area contributed by atoms with Crippen LogP contribution < -0.4 is 4.74 Å². The number of nitrogens with one attached hydrogen (secondary N) is 1. The lowest BCUT2D eigenvalue weighted by molar-refractivity contribution is -0.140. The lowest BCUT2D eigenvalue weighted by atomic mass is 9.94. The predicted molar refractivity (Wildman–Crippen MR) is 131 cm³/mol. The van der Waals surface area contributed by atoms with E-state index < -0.39 is 23.7 Å². The molecule has 1 aromatic carbocycles. The molecule has 9 nitrogen and oxygen atoms in total. The van der Waals surface area contributed by atoms with Gasteiger partial charge in [0.1, 0.15) is 17.2 Å². The summed E-state index contributed by atoms with van der Waals surface area (Å²) in [6.45, 7) is 6.77. The molecule has 0 saturated carbocycles. The van der Waals surface area contributed by atoms with Gasteiger partial charge in [-0.2, -0.15) is 0 Å². The summed E-state index contributed by atoms with van der Waals surface area (Å²) in [7, 11) is 5.03. The maximum Gasteiger partial charge on any atom is 0.354 e. The average molecular weight is 484 g/mol. The first-order chi connectivity index (χ1) is 16.6. The highest BCUT2D eigenvalue weighted by Gasteiger charge is 2.46. The maximum atomic E-state index is 13.2. The van der Waals surface area contributed by atoms with Crippen molar-refractivity contribution in [3.63, 3.8) is 0 Å². The van der Waals surface area contributed by atoms with Crippen molar-refractivity contribution in [1.82, 2.24) is 14.8 Å². The Hall–Kier alpha value is -3.59. The largest absolute Gasteiger partial charge is 0.507 e. The Morgan fingerprint density at radius 3 is 2.40 bits per heavy atom. The second-order valence-corrected chi connectivity index (χ2v) is 8.83. The lowest BCUT2D eigenvalue weighted by Gasteiger charge is -2.26. The lowest BCUT2D eigenvalue weighted by Crippen LogP contribution is -2.35. The first-order valence-corrected chi connectivity index (χ1v) is 11.6. The van der Waals surface area contributed by atoms with E-state index in [1.54, 1.807) is 38.1 Å². The molecule has 1 aliphatic heterocycles. The first kappa shape index (κ1) is 26.0. The number of Topliss-reactive ketones (excluding diaryl/α,β-unsaturated/α-hetero) is 1. The summed E-state index contributed by atoms with van der Waals surface area (Å²) >= 11 is 0. The first-order valence-electron chi connectivity index (χ1n) is 11.6. The normalized spacial score (nSPS) is 17.3. The quantitative estimate of drug-likeness (QED) is 0.244. The molecule has 0 aliphatic carbocycles. The van der Waals surface area contributed by atoms with Crippen LogP contribution in [0.5, 0.6) is 5.75 Å². The Labute approximate surface area is 205 Å². The summed E-state index contributed by atoms with van der Waals surface area (Å²) in [5, 5.41) is 11.4. The van der Waals surface area contributed by atoms with E-state index in [1.807, 2.05) is 25.9 Å². The van der Waals surface area contributed by atoms with E-state index in [9.17, 15) is 19.5 Å². The molecule has 1 saturated heterocycles. The van der Waals surface area contributed by atoms with Crippen LogP contribution in [-0.2, 0) is 14.3 Å². The number of hydrogen-bond donors (Lipinski definition) is 2. The van der Waals surface area contributed by atoms with E-state index in [2.05, 4.69) is 4.98 Å². The number of aromatic amines is 1. The van der Waals surface area contributed by atoms with Gasteiger partial charge in [-0.25, -0.2) is 4.79 Å². The van der Waals surface area contributed by atoms with Crippen LogP contribution in [0, 0.1) is 13.8 Å². The van der Waals surface area contributed by atoms with Crippen molar-refractivity contribution < 1.29 is 29.0 Å². The van der Waals surface area contributed by atoms with E-state index in [1.165, 1.54) is 12.0 Å². The van der Waals surface area contributed by atoms with Crippen molar-refractivity contribution >= 4 is 23.4 Å². The molecule has 0 spiro atoms. The predicted octanol–water partition coefficient (Wildman–Crippen LogP) is 3.19. The fourth-order valence-electron chi connectivity index (χ4n) is 4.28. The van der Waals surface area contributed by atoms with Gasteiger partial charge >= 0.3 is 5.97 Å². The number of likely N-dealkylation sites (N-methyl/N-ethyl adjacent to an activating group) is 1. The molecule has 1 atom stereocenters. The molecule has 0 radical (unpaired) electrons. The number of carbonyl (C=O) groups excluding carboxylic acids is 3. The number of aliphatic hydroxyl groups is 1. The summed E-state index contributed by atoms with van der Waals surface area (Å²) in [5.74, 6) is -1.68. The van der Waals surface area contributed by atoms with Gasteiger partial charge in [0.05, 0.1) is 25.3 Å². The van der Waals surface area contributed by atoms with Crippen LogP contribution in [0.25, 0.3) is 5.76 Å². The summed E-state index contributed by atoms with van der Waals surface area (Å²) < 4.78 is 10.5. The molecule has 1 aliphatic rings. The minimum Gasteiger partial charge on any atom is -0.507 e. The zero-order chi connectivity index (χ0) is 25.9. The van der Waals surface area contributed by atoms with Gasteiger partial charge in [-0.3, -0.25) is 9.59 Å². The van der Waals surface area contributed by atoms with Crippen molar-refractivity contribution in [2.45, 2.75) is 33.2 Å². The molecule has 2 aromatic rings. The minimum absolute atomic E-state index is 0.0161. The third-order valence-corrected chi connectivity index (χ3v) is 6.06. The number of hydrogen-bond acceptors (Lipinski definition) is 7. The number of H-pyrrole nitrogens is 1. The summed E-state index contributed by atoms with van der Waals surface area (Å²) in [5.41, 5.74) is 2.08. The van der Waals surface area contributed by atoms with E-state index in [4.69, 9.17) is 9.47 Å².